The van der Waals surface area contributed by atoms with Crippen molar-refractivity contribution < 1.29 is 19.4 Å². The minimum Gasteiger partial charge on any atom is -0.480 e. The highest BCUT2D eigenvalue weighted by Crippen LogP contribution is 2.47. The number of hydrogen-bond donors (Lipinski definition) is 1. The number of nitrogens with zero attached hydrogens (tertiary/aromatic N) is 1. The van der Waals surface area contributed by atoms with Crippen molar-refractivity contribution in [1.29, 1.82) is 0 Å². The second kappa shape index (κ2) is 9.03. The van der Waals surface area contributed by atoms with Crippen molar-refractivity contribution in [3.8, 4) is 0 Å². The number of hydrogen-bond acceptors (Lipinski definition) is 3. The van der Waals surface area contributed by atoms with Gasteiger partial charge in [0.25, 0.3) is 5.91 Å². The second-order valence-corrected chi connectivity index (χ2v) is 8.86. The van der Waals surface area contributed by atoms with Gasteiger partial charge in [-0.2, -0.15) is 0 Å². The Morgan fingerprint density at radius 3 is 2.45 bits per heavy atom. The van der Waals surface area contributed by atoms with Gasteiger partial charge in [-0.05, 0) is 54.2 Å². The van der Waals surface area contributed by atoms with E-state index in [-0.39, 0.29) is 18.2 Å². The van der Waals surface area contributed by atoms with Crippen LogP contribution in [0.4, 0.5) is 0 Å². The Morgan fingerprint density at radius 2 is 1.87 bits per heavy atom. The van der Waals surface area contributed by atoms with Crippen molar-refractivity contribution in [3.63, 3.8) is 0 Å². The molecule has 2 aromatic carbocycles. The van der Waals surface area contributed by atoms with Gasteiger partial charge >= 0.3 is 5.97 Å². The summed E-state index contributed by atoms with van der Waals surface area (Å²) in [5.74, 6) is -1.41. The van der Waals surface area contributed by atoms with E-state index in [0.717, 1.165) is 24.0 Å². The van der Waals surface area contributed by atoms with Gasteiger partial charge in [-0.25, -0.2) is 4.79 Å². The van der Waals surface area contributed by atoms with Crippen LogP contribution in [-0.4, -0.2) is 34.0 Å². The topological polar surface area (TPSA) is 66.8 Å². The average molecular weight is 460 g/mol. The Balaban J connectivity index is 1.88. The van der Waals surface area contributed by atoms with Gasteiger partial charge in [-0.3, -0.25) is 4.79 Å². The number of carboxylic acids is 1. The van der Waals surface area contributed by atoms with Gasteiger partial charge < -0.3 is 14.7 Å². The van der Waals surface area contributed by atoms with Crippen molar-refractivity contribution in [3.05, 3.63) is 82.4 Å². The summed E-state index contributed by atoms with van der Waals surface area (Å²) in [6.07, 6.45) is 2.06. The lowest BCUT2D eigenvalue weighted by atomic mass is 9.89. The molecule has 4 rings (SSSR count). The molecule has 162 valence electrons. The molecule has 0 aromatic heterocycles. The van der Waals surface area contributed by atoms with Crippen LogP contribution in [0.2, 0.25) is 10.0 Å². The average Bonchev–Trinajstić information content (AvgIpc) is 3.56. The maximum atomic E-state index is 13.5. The van der Waals surface area contributed by atoms with Gasteiger partial charge in [0.05, 0.1) is 6.04 Å². The first kappa shape index (κ1) is 21.9. The number of carboxylic acid groups (broad SMARTS) is 1. The highest BCUT2D eigenvalue weighted by atomic mass is 35.5. The largest absolute Gasteiger partial charge is 0.480 e. The number of carbonyl (C=O) groups excluding carboxylic acids is 1. The highest BCUT2D eigenvalue weighted by Gasteiger charge is 2.52. The van der Waals surface area contributed by atoms with Crippen LogP contribution in [-0.2, 0) is 14.3 Å². The Kier molecular flexibility index (Phi) is 6.37. The van der Waals surface area contributed by atoms with Crippen LogP contribution < -0.4 is 0 Å². The van der Waals surface area contributed by atoms with Crippen LogP contribution in [0.1, 0.15) is 42.5 Å². The summed E-state index contributed by atoms with van der Waals surface area (Å²) in [5, 5.41) is 11.2. The summed E-state index contributed by atoms with van der Waals surface area (Å²) >= 11 is 12.3. The second-order valence-electron chi connectivity index (χ2n) is 7.99. The van der Waals surface area contributed by atoms with Crippen LogP contribution >= 0.6 is 23.2 Å². The Hall–Kier alpha value is -2.34. The molecule has 0 spiro atoms. The van der Waals surface area contributed by atoms with Gasteiger partial charge in [0, 0.05) is 16.5 Å². The third-order valence-electron chi connectivity index (χ3n) is 5.82. The van der Waals surface area contributed by atoms with Crippen LogP contribution in [0.25, 0.3) is 0 Å². The first-order valence-electron chi connectivity index (χ1n) is 10.2. The lowest BCUT2D eigenvalue weighted by Crippen LogP contribution is -2.57. The lowest BCUT2D eigenvalue weighted by molar-refractivity contribution is -0.185. The molecule has 5 nitrogen and oxygen atoms in total. The molecule has 1 aliphatic carbocycles. The zero-order chi connectivity index (χ0) is 22.1. The smallest absolute Gasteiger partial charge is 0.326 e. The molecule has 2 fully saturated rings. The molecule has 1 amide bonds. The molecule has 1 N–H and O–H groups in total. The molecular weight excluding hydrogens is 437 g/mol. The fourth-order valence-corrected chi connectivity index (χ4v) is 4.60. The minimum absolute atomic E-state index is 0.0706. The van der Waals surface area contributed by atoms with Gasteiger partial charge in [0.1, 0.15) is 18.2 Å². The molecule has 0 radical (unpaired) electrons. The summed E-state index contributed by atoms with van der Waals surface area (Å²) < 4.78 is 6.29. The van der Waals surface area contributed by atoms with E-state index in [1.54, 1.807) is 30.3 Å². The van der Waals surface area contributed by atoms with E-state index in [4.69, 9.17) is 27.9 Å². The van der Waals surface area contributed by atoms with Crippen molar-refractivity contribution in [1.82, 2.24) is 4.90 Å². The van der Waals surface area contributed by atoms with Crippen LogP contribution in [0.5, 0.6) is 0 Å². The van der Waals surface area contributed by atoms with Gasteiger partial charge in [0.2, 0.25) is 0 Å². The molecule has 0 unspecified atom stereocenters. The molecule has 0 bridgehead atoms. The zero-order valence-corrected chi connectivity index (χ0v) is 18.3. The van der Waals surface area contributed by atoms with E-state index >= 15 is 0 Å². The summed E-state index contributed by atoms with van der Waals surface area (Å²) in [7, 11) is 0. The van der Waals surface area contributed by atoms with Gasteiger partial charge in [0.15, 0.2) is 0 Å². The zero-order valence-electron chi connectivity index (χ0n) is 16.8. The molecule has 7 heteroatoms. The Bertz CT molecular complexity index is 989. The molecule has 4 atom stereocenters. The lowest BCUT2D eigenvalue weighted by Gasteiger charge is -2.47. The molecule has 2 aliphatic rings. The van der Waals surface area contributed by atoms with Crippen molar-refractivity contribution >= 4 is 35.1 Å². The third-order valence-corrected chi connectivity index (χ3v) is 6.31. The third kappa shape index (κ3) is 4.49. The molecule has 1 saturated carbocycles. The fraction of sp³-hybridized carbons (Fsp3) is 0.333. The van der Waals surface area contributed by atoms with Crippen molar-refractivity contribution in [2.75, 3.05) is 0 Å². The summed E-state index contributed by atoms with van der Waals surface area (Å²) in [6, 6.07) is 12.8. The summed E-state index contributed by atoms with van der Waals surface area (Å²) in [6.45, 7) is 3.74. The maximum absolute atomic E-state index is 13.5. The van der Waals surface area contributed by atoms with E-state index in [9.17, 15) is 14.7 Å². The quantitative estimate of drug-likeness (QED) is 0.559. The standard InChI is InChI=1S/C24H23Cl2NO4/c1-2-4-19-23(28)27(21(24(29)30)15-7-8-15)20(14-9-11-17(25)12-10-14)22(31-19)16-5-3-6-18(26)13-16/h2-3,5-6,9-13,15,19-22H,1,4,7-8H2,(H,29,30)/t19-,20+,21+,22-/m1/s1. The monoisotopic (exact) mass is 459 g/mol. The number of carbonyl (C=O) groups is 2. The number of benzene rings is 2. The molecule has 1 heterocycles. The van der Waals surface area contributed by atoms with E-state index in [1.165, 1.54) is 4.90 Å². The molecular formula is C24H23Cl2NO4. The van der Waals surface area contributed by atoms with Crippen molar-refractivity contribution in [2.45, 2.75) is 43.6 Å². The Morgan fingerprint density at radius 1 is 1.16 bits per heavy atom. The first-order valence-corrected chi connectivity index (χ1v) is 11.0. The molecule has 31 heavy (non-hydrogen) atoms. The molecule has 1 saturated heterocycles. The molecule has 1 aliphatic heterocycles. The van der Waals surface area contributed by atoms with Crippen molar-refractivity contribution in [2.24, 2.45) is 5.92 Å². The summed E-state index contributed by atoms with van der Waals surface area (Å²) in [5.41, 5.74) is 1.53. The number of ether oxygens (including phenoxy) is 1. The normalized spacial score (nSPS) is 24.6. The van der Waals surface area contributed by atoms with Crippen LogP contribution in [0.15, 0.2) is 61.2 Å². The van der Waals surface area contributed by atoms with E-state index in [0.29, 0.717) is 10.0 Å². The maximum Gasteiger partial charge on any atom is 0.326 e. The number of halogens is 2. The molecule has 2 aromatic rings. The number of rotatable bonds is 7. The predicted molar refractivity (Wildman–Crippen MR) is 119 cm³/mol. The number of morpholine rings is 1. The van der Waals surface area contributed by atoms with Gasteiger partial charge in [-0.15, -0.1) is 6.58 Å². The van der Waals surface area contributed by atoms with Crippen LogP contribution in [0.3, 0.4) is 0 Å². The predicted octanol–water partition coefficient (Wildman–Crippen LogP) is 5.44. The van der Waals surface area contributed by atoms with E-state index in [2.05, 4.69) is 6.58 Å². The highest BCUT2D eigenvalue weighted by molar-refractivity contribution is 6.30. The van der Waals surface area contributed by atoms with E-state index < -0.39 is 30.3 Å². The first-order chi connectivity index (χ1) is 14.9. The number of amides is 1. The van der Waals surface area contributed by atoms with Crippen LogP contribution in [0, 0.1) is 5.92 Å². The van der Waals surface area contributed by atoms with Gasteiger partial charge in [-0.1, -0.05) is 53.5 Å². The summed E-state index contributed by atoms with van der Waals surface area (Å²) in [4.78, 5) is 27.4. The van der Waals surface area contributed by atoms with E-state index in [1.807, 2.05) is 24.3 Å². The number of aliphatic carboxylic acids is 1. The SMILES string of the molecule is C=CC[C@H]1O[C@H](c2cccc(Cl)c2)[C@H](c2ccc(Cl)cc2)N([C@H](C(=O)O)C2CC2)C1=O. The minimum atomic E-state index is -1.00. The fourth-order valence-electron chi connectivity index (χ4n) is 4.28. The Labute approximate surface area is 191 Å².